The van der Waals surface area contributed by atoms with Crippen LogP contribution in [-0.4, -0.2) is 12.8 Å². The lowest BCUT2D eigenvalue weighted by Gasteiger charge is -2.07. The first-order valence-corrected chi connectivity index (χ1v) is 5.84. The summed E-state index contributed by atoms with van der Waals surface area (Å²) in [6.45, 7) is 2.91. The van der Waals surface area contributed by atoms with Gasteiger partial charge in [0.1, 0.15) is 0 Å². The molecule has 0 bridgehead atoms. The first kappa shape index (κ1) is 10.6. The van der Waals surface area contributed by atoms with E-state index in [9.17, 15) is 0 Å². The Morgan fingerprint density at radius 1 is 1.38 bits per heavy atom. The van der Waals surface area contributed by atoms with Gasteiger partial charge in [-0.1, -0.05) is 17.7 Å². The zero-order valence-corrected chi connectivity index (χ0v) is 9.16. The highest BCUT2D eigenvalue weighted by atomic mass is 32.2. The standard InChI is InChI=1S/C11H17NS/c1-9-5-6-11(13-2)10(8-9)4-3-7-12/h5-6,8H,3-4,7,12H2,1-2H3. The summed E-state index contributed by atoms with van der Waals surface area (Å²) in [7, 11) is 0. The zero-order valence-electron chi connectivity index (χ0n) is 8.34. The maximum absolute atomic E-state index is 5.50. The molecule has 13 heavy (non-hydrogen) atoms. The van der Waals surface area contributed by atoms with Gasteiger partial charge in [-0.2, -0.15) is 0 Å². The summed E-state index contributed by atoms with van der Waals surface area (Å²) in [4.78, 5) is 1.39. The van der Waals surface area contributed by atoms with Gasteiger partial charge >= 0.3 is 0 Å². The van der Waals surface area contributed by atoms with E-state index in [-0.39, 0.29) is 0 Å². The van der Waals surface area contributed by atoms with Crippen LogP contribution in [0.3, 0.4) is 0 Å². The summed E-state index contributed by atoms with van der Waals surface area (Å²) in [6.07, 6.45) is 4.31. The van der Waals surface area contributed by atoms with E-state index in [2.05, 4.69) is 31.4 Å². The van der Waals surface area contributed by atoms with E-state index in [0.29, 0.717) is 0 Å². The van der Waals surface area contributed by atoms with Crippen LogP contribution in [0.5, 0.6) is 0 Å². The molecule has 0 fully saturated rings. The average molecular weight is 195 g/mol. The highest BCUT2D eigenvalue weighted by Gasteiger charge is 2.00. The van der Waals surface area contributed by atoms with E-state index in [1.807, 2.05) is 11.8 Å². The Bertz CT molecular complexity index is 271. The van der Waals surface area contributed by atoms with Crippen molar-refractivity contribution >= 4 is 11.8 Å². The van der Waals surface area contributed by atoms with Crippen molar-refractivity contribution in [3.8, 4) is 0 Å². The van der Waals surface area contributed by atoms with E-state index < -0.39 is 0 Å². The second-order valence-corrected chi connectivity index (χ2v) is 4.06. The number of hydrogen-bond acceptors (Lipinski definition) is 2. The molecule has 0 aromatic heterocycles. The fourth-order valence-corrected chi connectivity index (χ4v) is 2.02. The Kier molecular flexibility index (Phi) is 4.33. The number of thioether (sulfide) groups is 1. The molecule has 0 heterocycles. The normalized spacial score (nSPS) is 10.4. The number of benzene rings is 1. The summed E-state index contributed by atoms with van der Waals surface area (Å²) in [6, 6.07) is 6.63. The van der Waals surface area contributed by atoms with Crippen LogP contribution in [0.1, 0.15) is 17.5 Å². The Morgan fingerprint density at radius 2 is 2.15 bits per heavy atom. The summed E-state index contributed by atoms with van der Waals surface area (Å²) >= 11 is 1.81. The predicted octanol–water partition coefficient (Wildman–Crippen LogP) is 2.61. The minimum absolute atomic E-state index is 0.780. The second-order valence-electron chi connectivity index (χ2n) is 3.21. The lowest BCUT2D eigenvalue weighted by atomic mass is 10.1. The summed E-state index contributed by atoms with van der Waals surface area (Å²) in [5.74, 6) is 0. The molecule has 0 saturated heterocycles. The minimum atomic E-state index is 0.780. The van der Waals surface area contributed by atoms with Crippen LogP contribution in [-0.2, 0) is 6.42 Å². The van der Waals surface area contributed by atoms with Crippen molar-refractivity contribution in [1.29, 1.82) is 0 Å². The third kappa shape index (κ3) is 3.05. The van der Waals surface area contributed by atoms with Gasteiger partial charge in [0.2, 0.25) is 0 Å². The molecule has 0 radical (unpaired) electrons. The first-order valence-electron chi connectivity index (χ1n) is 4.61. The largest absolute Gasteiger partial charge is 0.330 e. The Labute approximate surface area is 84.7 Å². The molecule has 72 valence electrons. The lowest BCUT2D eigenvalue weighted by Crippen LogP contribution is -2.01. The molecule has 1 nitrogen and oxygen atoms in total. The van der Waals surface area contributed by atoms with Crippen molar-refractivity contribution in [3.05, 3.63) is 29.3 Å². The Morgan fingerprint density at radius 3 is 2.77 bits per heavy atom. The van der Waals surface area contributed by atoms with Crippen molar-refractivity contribution in [2.45, 2.75) is 24.7 Å². The smallest absolute Gasteiger partial charge is 0.0101 e. The number of aryl methyl sites for hydroxylation is 2. The van der Waals surface area contributed by atoms with E-state index in [4.69, 9.17) is 5.73 Å². The molecule has 2 N–H and O–H groups in total. The highest BCUT2D eigenvalue weighted by Crippen LogP contribution is 2.22. The average Bonchev–Trinajstić information content (AvgIpc) is 2.15. The molecular formula is C11H17NS. The van der Waals surface area contributed by atoms with E-state index in [1.165, 1.54) is 16.0 Å². The molecule has 0 aliphatic heterocycles. The van der Waals surface area contributed by atoms with Crippen molar-refractivity contribution in [2.75, 3.05) is 12.8 Å². The Hall–Kier alpha value is -0.470. The van der Waals surface area contributed by atoms with Crippen LogP contribution >= 0.6 is 11.8 Å². The minimum Gasteiger partial charge on any atom is -0.330 e. The van der Waals surface area contributed by atoms with Gasteiger partial charge < -0.3 is 5.73 Å². The molecule has 0 aliphatic rings. The van der Waals surface area contributed by atoms with Crippen LogP contribution in [0.15, 0.2) is 23.1 Å². The van der Waals surface area contributed by atoms with Crippen molar-refractivity contribution in [3.63, 3.8) is 0 Å². The van der Waals surface area contributed by atoms with Crippen LogP contribution < -0.4 is 5.73 Å². The van der Waals surface area contributed by atoms with Gasteiger partial charge in [0.05, 0.1) is 0 Å². The number of hydrogen-bond donors (Lipinski definition) is 1. The van der Waals surface area contributed by atoms with Gasteiger partial charge in [-0.25, -0.2) is 0 Å². The maximum Gasteiger partial charge on any atom is 0.0101 e. The lowest BCUT2D eigenvalue weighted by molar-refractivity contribution is 0.820. The van der Waals surface area contributed by atoms with Gasteiger partial charge in [0.25, 0.3) is 0 Å². The van der Waals surface area contributed by atoms with Crippen LogP contribution in [0, 0.1) is 6.92 Å². The van der Waals surface area contributed by atoms with E-state index >= 15 is 0 Å². The maximum atomic E-state index is 5.50. The van der Waals surface area contributed by atoms with Gasteiger partial charge in [-0.05, 0) is 44.2 Å². The zero-order chi connectivity index (χ0) is 9.68. The van der Waals surface area contributed by atoms with Crippen molar-refractivity contribution in [2.24, 2.45) is 5.73 Å². The van der Waals surface area contributed by atoms with Crippen LogP contribution in [0.4, 0.5) is 0 Å². The highest BCUT2D eigenvalue weighted by molar-refractivity contribution is 7.98. The second kappa shape index (κ2) is 5.30. The third-order valence-electron chi connectivity index (χ3n) is 2.09. The molecule has 2 heteroatoms. The monoisotopic (exact) mass is 195 g/mol. The fraction of sp³-hybridized carbons (Fsp3) is 0.455. The SMILES string of the molecule is CSc1ccc(C)cc1CCCN. The molecule has 1 aromatic carbocycles. The summed E-state index contributed by atoms with van der Waals surface area (Å²) < 4.78 is 0. The molecule has 0 spiro atoms. The molecule has 0 unspecified atom stereocenters. The first-order chi connectivity index (χ1) is 6.27. The van der Waals surface area contributed by atoms with E-state index in [0.717, 1.165) is 19.4 Å². The summed E-state index contributed by atoms with van der Waals surface area (Å²) in [5.41, 5.74) is 8.28. The molecule has 1 rings (SSSR count). The van der Waals surface area contributed by atoms with Crippen LogP contribution in [0.2, 0.25) is 0 Å². The summed E-state index contributed by atoms with van der Waals surface area (Å²) in [5, 5.41) is 0. The molecule has 1 aromatic rings. The van der Waals surface area contributed by atoms with E-state index in [1.54, 1.807) is 0 Å². The van der Waals surface area contributed by atoms with Gasteiger partial charge in [-0.15, -0.1) is 11.8 Å². The molecule has 0 saturated carbocycles. The molecule has 0 amide bonds. The topological polar surface area (TPSA) is 26.0 Å². The van der Waals surface area contributed by atoms with Crippen LogP contribution in [0.25, 0.3) is 0 Å². The number of nitrogens with two attached hydrogens (primary N) is 1. The predicted molar refractivity (Wildman–Crippen MR) is 60.3 cm³/mol. The quantitative estimate of drug-likeness (QED) is 0.747. The molecular weight excluding hydrogens is 178 g/mol. The van der Waals surface area contributed by atoms with Crippen molar-refractivity contribution in [1.82, 2.24) is 0 Å². The molecule has 0 aliphatic carbocycles. The van der Waals surface area contributed by atoms with Gasteiger partial charge in [0.15, 0.2) is 0 Å². The van der Waals surface area contributed by atoms with Gasteiger partial charge in [-0.3, -0.25) is 0 Å². The van der Waals surface area contributed by atoms with Crippen molar-refractivity contribution < 1.29 is 0 Å². The number of rotatable bonds is 4. The third-order valence-corrected chi connectivity index (χ3v) is 2.92. The van der Waals surface area contributed by atoms with Gasteiger partial charge in [0, 0.05) is 4.90 Å². The molecule has 0 atom stereocenters. The Balaban J connectivity index is 2.81. The fourth-order valence-electron chi connectivity index (χ4n) is 1.40.